The number of alkyl halides is 3. The zero-order valence-electron chi connectivity index (χ0n) is 5.92. The monoisotopic (exact) mass is 276 g/mol. The van der Waals surface area contributed by atoms with E-state index in [1.165, 1.54) is 0 Å². The summed E-state index contributed by atoms with van der Waals surface area (Å²) in [6.07, 6.45) is -4.51. The summed E-state index contributed by atoms with van der Waals surface area (Å²) in [7, 11) is 0. The van der Waals surface area contributed by atoms with Crippen LogP contribution in [0.15, 0.2) is 16.6 Å². The number of rotatable bonds is 0. The second-order valence-corrected chi connectivity index (χ2v) is 3.51. The molecule has 0 bridgehead atoms. The normalized spacial score (nSPS) is 11.8. The van der Waals surface area contributed by atoms with E-state index in [9.17, 15) is 17.6 Å². The first-order chi connectivity index (χ1) is 5.82. The molecule has 0 aliphatic rings. The van der Waals surface area contributed by atoms with Crippen molar-refractivity contribution in [3.63, 3.8) is 0 Å². The van der Waals surface area contributed by atoms with Crippen molar-refractivity contribution < 1.29 is 17.6 Å². The Morgan fingerprint density at radius 3 is 2.15 bits per heavy atom. The molecule has 0 atom stereocenters. The minimum atomic E-state index is -4.51. The van der Waals surface area contributed by atoms with Crippen LogP contribution in [0.25, 0.3) is 0 Å². The molecule has 1 aromatic rings. The Morgan fingerprint density at radius 1 is 1.23 bits per heavy atom. The topological polar surface area (TPSA) is 0 Å². The van der Waals surface area contributed by atoms with Crippen LogP contribution in [0.5, 0.6) is 0 Å². The fourth-order valence-corrected chi connectivity index (χ4v) is 1.51. The molecule has 0 saturated heterocycles. The average molecular weight is 277 g/mol. The van der Waals surface area contributed by atoms with Crippen LogP contribution in [-0.2, 0) is 6.18 Å². The predicted octanol–water partition coefficient (Wildman–Crippen LogP) is 4.26. The fraction of sp³-hybridized carbons (Fsp3) is 0.143. The minimum absolute atomic E-state index is 0.299. The molecule has 0 saturated carbocycles. The Hall–Kier alpha value is -0.290. The summed E-state index contributed by atoms with van der Waals surface area (Å²) in [5.74, 6) is -0.894. The van der Waals surface area contributed by atoms with Crippen molar-refractivity contribution in [2.75, 3.05) is 0 Å². The van der Waals surface area contributed by atoms with Gasteiger partial charge < -0.3 is 0 Å². The Morgan fingerprint density at radius 2 is 1.77 bits per heavy atom. The molecule has 0 aliphatic carbocycles. The largest absolute Gasteiger partial charge is 0.416 e. The van der Waals surface area contributed by atoms with Gasteiger partial charge in [-0.1, -0.05) is 11.6 Å². The number of benzene rings is 1. The minimum Gasteiger partial charge on any atom is -0.204 e. The average Bonchev–Trinajstić information content (AvgIpc) is 1.97. The molecule has 0 amide bonds. The third-order valence-electron chi connectivity index (χ3n) is 1.31. The number of hydrogen-bond acceptors (Lipinski definition) is 0. The summed E-state index contributed by atoms with van der Waals surface area (Å²) in [4.78, 5) is 0. The molecular formula is C7H2BrClF4. The maximum Gasteiger partial charge on any atom is 0.416 e. The molecule has 0 heterocycles. The first kappa shape index (κ1) is 10.8. The molecule has 1 aromatic carbocycles. The van der Waals surface area contributed by atoms with Gasteiger partial charge in [-0.05, 0) is 28.1 Å². The van der Waals surface area contributed by atoms with Crippen molar-refractivity contribution >= 4 is 27.5 Å². The smallest absolute Gasteiger partial charge is 0.204 e. The van der Waals surface area contributed by atoms with Gasteiger partial charge >= 0.3 is 6.18 Å². The lowest BCUT2D eigenvalue weighted by Crippen LogP contribution is -2.05. The maximum atomic E-state index is 12.8. The zero-order chi connectivity index (χ0) is 10.2. The molecule has 72 valence electrons. The Bertz CT molecular complexity index is 311. The van der Waals surface area contributed by atoms with Crippen molar-refractivity contribution in [3.05, 3.63) is 33.0 Å². The highest BCUT2D eigenvalue weighted by Crippen LogP contribution is 2.34. The van der Waals surface area contributed by atoms with Crippen LogP contribution in [-0.4, -0.2) is 0 Å². The van der Waals surface area contributed by atoms with Gasteiger partial charge in [0.05, 0.1) is 15.1 Å². The second kappa shape index (κ2) is 3.46. The summed E-state index contributed by atoms with van der Waals surface area (Å²) in [6, 6.07) is 1.18. The van der Waals surface area contributed by atoms with Gasteiger partial charge in [-0.3, -0.25) is 0 Å². The zero-order valence-corrected chi connectivity index (χ0v) is 8.26. The van der Waals surface area contributed by atoms with Crippen LogP contribution >= 0.6 is 27.5 Å². The van der Waals surface area contributed by atoms with Gasteiger partial charge in [0, 0.05) is 0 Å². The molecule has 1 rings (SSSR count). The molecule has 0 spiro atoms. The van der Waals surface area contributed by atoms with Crippen molar-refractivity contribution in [2.45, 2.75) is 6.18 Å². The molecule has 0 radical (unpaired) electrons. The first-order valence-electron chi connectivity index (χ1n) is 3.04. The van der Waals surface area contributed by atoms with Gasteiger partial charge in [-0.15, -0.1) is 0 Å². The molecule has 0 nitrogen and oxygen atoms in total. The lowest BCUT2D eigenvalue weighted by molar-refractivity contribution is -0.137. The highest BCUT2D eigenvalue weighted by atomic mass is 79.9. The third kappa shape index (κ3) is 2.34. The lowest BCUT2D eigenvalue weighted by atomic mass is 10.2. The Labute approximate surface area is 84.6 Å². The van der Waals surface area contributed by atoms with Gasteiger partial charge in [-0.25, -0.2) is 4.39 Å². The molecule has 0 unspecified atom stereocenters. The molecule has 0 aromatic heterocycles. The lowest BCUT2D eigenvalue weighted by Gasteiger charge is -2.07. The molecule has 0 fully saturated rings. The Kier molecular flexibility index (Phi) is 2.87. The fourth-order valence-electron chi connectivity index (χ4n) is 0.719. The highest BCUT2D eigenvalue weighted by molar-refractivity contribution is 9.10. The van der Waals surface area contributed by atoms with Gasteiger partial charge in [0.25, 0.3) is 0 Å². The molecule has 6 heteroatoms. The van der Waals surface area contributed by atoms with Crippen molar-refractivity contribution in [1.29, 1.82) is 0 Å². The van der Waals surface area contributed by atoms with Crippen LogP contribution in [0.4, 0.5) is 17.6 Å². The molecule has 0 N–H and O–H groups in total. The predicted molar refractivity (Wildman–Crippen MR) is 44.1 cm³/mol. The van der Waals surface area contributed by atoms with Crippen LogP contribution in [0.2, 0.25) is 5.02 Å². The second-order valence-electron chi connectivity index (χ2n) is 2.25. The van der Waals surface area contributed by atoms with Gasteiger partial charge in [0.15, 0.2) is 5.82 Å². The highest BCUT2D eigenvalue weighted by Gasteiger charge is 2.31. The van der Waals surface area contributed by atoms with E-state index in [2.05, 4.69) is 15.9 Å². The molecule has 0 aliphatic heterocycles. The van der Waals surface area contributed by atoms with Crippen LogP contribution in [0.3, 0.4) is 0 Å². The van der Waals surface area contributed by atoms with Crippen LogP contribution in [0, 0.1) is 5.82 Å². The van der Waals surface area contributed by atoms with Gasteiger partial charge in [-0.2, -0.15) is 13.2 Å². The van der Waals surface area contributed by atoms with E-state index in [0.29, 0.717) is 12.1 Å². The Balaban J connectivity index is 3.29. The summed E-state index contributed by atoms with van der Waals surface area (Å²) in [5.41, 5.74) is -0.981. The van der Waals surface area contributed by atoms with E-state index in [-0.39, 0.29) is 4.47 Å². The first-order valence-corrected chi connectivity index (χ1v) is 4.21. The summed E-state index contributed by atoms with van der Waals surface area (Å²) >= 11 is 7.85. The maximum absolute atomic E-state index is 12.8. The number of halogens is 6. The van der Waals surface area contributed by atoms with Crippen LogP contribution < -0.4 is 0 Å². The summed E-state index contributed by atoms with van der Waals surface area (Å²) in [6.45, 7) is 0. The summed E-state index contributed by atoms with van der Waals surface area (Å²) < 4.78 is 48.7. The van der Waals surface area contributed by atoms with Gasteiger partial charge in [0.2, 0.25) is 0 Å². The molecular weight excluding hydrogens is 275 g/mol. The third-order valence-corrected chi connectivity index (χ3v) is 2.16. The van der Waals surface area contributed by atoms with Crippen molar-refractivity contribution in [2.24, 2.45) is 0 Å². The summed E-state index contributed by atoms with van der Waals surface area (Å²) in [5, 5.41) is -0.554. The van der Waals surface area contributed by atoms with E-state index < -0.39 is 22.6 Å². The van der Waals surface area contributed by atoms with Crippen LogP contribution in [0.1, 0.15) is 5.56 Å². The number of hydrogen-bond donors (Lipinski definition) is 0. The molecule has 13 heavy (non-hydrogen) atoms. The SMILES string of the molecule is Fc1c(Cl)cc(C(F)(F)F)cc1Br. The van der Waals surface area contributed by atoms with Gasteiger partial charge in [0.1, 0.15) is 0 Å². The van der Waals surface area contributed by atoms with E-state index in [4.69, 9.17) is 11.6 Å². The van der Waals surface area contributed by atoms with Crippen molar-refractivity contribution in [1.82, 2.24) is 0 Å². The van der Waals surface area contributed by atoms with E-state index >= 15 is 0 Å². The van der Waals surface area contributed by atoms with Crippen molar-refractivity contribution in [3.8, 4) is 0 Å². The van der Waals surface area contributed by atoms with E-state index in [1.807, 2.05) is 0 Å². The quantitative estimate of drug-likeness (QED) is 0.491. The van der Waals surface area contributed by atoms with E-state index in [0.717, 1.165) is 0 Å². The standard InChI is InChI=1S/C7H2BrClF4/c8-4-1-3(7(11,12)13)2-5(9)6(4)10/h1-2H. The van der Waals surface area contributed by atoms with E-state index in [1.54, 1.807) is 0 Å².